The van der Waals surface area contributed by atoms with Crippen molar-refractivity contribution >= 4 is 15.9 Å². The quantitative estimate of drug-likeness (QED) is 0.910. The summed E-state index contributed by atoms with van der Waals surface area (Å²) in [6.45, 7) is 7.93. The van der Waals surface area contributed by atoms with Gasteiger partial charge < -0.3 is 15.2 Å². The van der Waals surface area contributed by atoms with Gasteiger partial charge in [0.15, 0.2) is 11.5 Å². The van der Waals surface area contributed by atoms with E-state index in [0.717, 1.165) is 34.4 Å². The van der Waals surface area contributed by atoms with Crippen molar-refractivity contribution in [3.63, 3.8) is 0 Å². The van der Waals surface area contributed by atoms with Crippen LogP contribution >= 0.6 is 15.9 Å². The molecular formula is C15H22BrNO2. The summed E-state index contributed by atoms with van der Waals surface area (Å²) >= 11 is 3.61. The lowest BCUT2D eigenvalue weighted by atomic mass is 9.79. The first-order valence-electron chi connectivity index (χ1n) is 6.80. The molecule has 0 bridgehead atoms. The lowest BCUT2D eigenvalue weighted by molar-refractivity contribution is 0.276. The highest BCUT2D eigenvalue weighted by molar-refractivity contribution is 9.10. The van der Waals surface area contributed by atoms with E-state index >= 15 is 0 Å². The molecule has 4 heteroatoms. The molecule has 1 atom stereocenters. The molecule has 2 N–H and O–H groups in total. The van der Waals surface area contributed by atoms with Crippen molar-refractivity contribution in [2.45, 2.75) is 39.7 Å². The lowest BCUT2D eigenvalue weighted by Gasteiger charge is -2.31. The molecule has 0 saturated carbocycles. The fraction of sp³-hybridized carbons (Fsp3) is 0.600. The van der Waals surface area contributed by atoms with Crippen molar-refractivity contribution in [2.24, 2.45) is 11.1 Å². The molecule has 1 heterocycles. The van der Waals surface area contributed by atoms with Crippen molar-refractivity contribution in [2.75, 3.05) is 13.2 Å². The van der Waals surface area contributed by atoms with Gasteiger partial charge in [-0.05, 0) is 29.5 Å². The second kappa shape index (κ2) is 5.71. The van der Waals surface area contributed by atoms with Gasteiger partial charge in [-0.2, -0.15) is 0 Å². The zero-order valence-corrected chi connectivity index (χ0v) is 13.4. The Morgan fingerprint density at radius 1 is 1.26 bits per heavy atom. The zero-order valence-electron chi connectivity index (χ0n) is 11.8. The fourth-order valence-corrected chi connectivity index (χ4v) is 2.65. The minimum atomic E-state index is -0.0379. The minimum absolute atomic E-state index is 0.0379. The Labute approximate surface area is 123 Å². The van der Waals surface area contributed by atoms with Crippen LogP contribution in [0.25, 0.3) is 0 Å². The number of hydrogen-bond acceptors (Lipinski definition) is 3. The fourth-order valence-electron chi connectivity index (χ4n) is 2.08. The average Bonchev–Trinajstić information content (AvgIpc) is 2.61. The number of benzene rings is 1. The Morgan fingerprint density at radius 3 is 2.42 bits per heavy atom. The van der Waals surface area contributed by atoms with Gasteiger partial charge in [0.25, 0.3) is 0 Å². The Hall–Kier alpha value is -0.740. The van der Waals surface area contributed by atoms with Crippen molar-refractivity contribution in [1.29, 1.82) is 0 Å². The maximum atomic E-state index is 6.43. The SMILES string of the molecule is CCC(C)(C)C(N)c1cc2c(cc1Br)OCCCO2. The van der Waals surface area contributed by atoms with Crippen LogP contribution in [-0.2, 0) is 0 Å². The van der Waals surface area contributed by atoms with Gasteiger partial charge in [-0.15, -0.1) is 0 Å². The van der Waals surface area contributed by atoms with Crippen LogP contribution in [0, 0.1) is 5.41 Å². The second-order valence-electron chi connectivity index (χ2n) is 5.69. The average molecular weight is 328 g/mol. The van der Waals surface area contributed by atoms with Gasteiger partial charge in [-0.1, -0.05) is 36.7 Å². The van der Waals surface area contributed by atoms with Crippen LogP contribution in [-0.4, -0.2) is 13.2 Å². The van der Waals surface area contributed by atoms with E-state index in [9.17, 15) is 0 Å². The highest BCUT2D eigenvalue weighted by Crippen LogP contribution is 2.42. The molecular weight excluding hydrogens is 306 g/mol. The Morgan fingerprint density at radius 2 is 1.84 bits per heavy atom. The number of rotatable bonds is 3. The Bertz CT molecular complexity index is 460. The molecule has 1 aliphatic heterocycles. The molecule has 1 aromatic carbocycles. The highest BCUT2D eigenvalue weighted by Gasteiger charge is 2.28. The number of hydrogen-bond donors (Lipinski definition) is 1. The summed E-state index contributed by atoms with van der Waals surface area (Å²) < 4.78 is 12.4. The summed E-state index contributed by atoms with van der Waals surface area (Å²) in [6.07, 6.45) is 1.93. The van der Waals surface area contributed by atoms with E-state index in [1.165, 1.54) is 0 Å². The van der Waals surface area contributed by atoms with Crippen LogP contribution in [0.15, 0.2) is 16.6 Å². The number of halogens is 1. The van der Waals surface area contributed by atoms with Crippen LogP contribution in [0.1, 0.15) is 45.2 Å². The number of ether oxygens (including phenoxy) is 2. The smallest absolute Gasteiger partial charge is 0.162 e. The molecule has 106 valence electrons. The highest BCUT2D eigenvalue weighted by atomic mass is 79.9. The Balaban J connectivity index is 2.39. The van der Waals surface area contributed by atoms with Gasteiger partial charge in [0.2, 0.25) is 0 Å². The van der Waals surface area contributed by atoms with Gasteiger partial charge in [0, 0.05) is 16.9 Å². The van der Waals surface area contributed by atoms with E-state index in [1.54, 1.807) is 0 Å². The topological polar surface area (TPSA) is 44.5 Å². The third kappa shape index (κ3) is 3.06. The minimum Gasteiger partial charge on any atom is -0.490 e. The van der Waals surface area contributed by atoms with Crippen LogP contribution in [0.3, 0.4) is 0 Å². The molecule has 0 aromatic heterocycles. The lowest BCUT2D eigenvalue weighted by Crippen LogP contribution is -2.28. The molecule has 0 spiro atoms. The van der Waals surface area contributed by atoms with Gasteiger partial charge in [-0.3, -0.25) is 0 Å². The van der Waals surface area contributed by atoms with Crippen molar-refractivity contribution < 1.29 is 9.47 Å². The van der Waals surface area contributed by atoms with E-state index in [-0.39, 0.29) is 11.5 Å². The van der Waals surface area contributed by atoms with E-state index in [2.05, 4.69) is 36.7 Å². The summed E-state index contributed by atoms with van der Waals surface area (Å²) in [6, 6.07) is 3.96. The van der Waals surface area contributed by atoms with Gasteiger partial charge >= 0.3 is 0 Å². The molecule has 0 radical (unpaired) electrons. The Kier molecular flexibility index (Phi) is 4.41. The molecule has 0 fully saturated rings. The molecule has 3 nitrogen and oxygen atoms in total. The van der Waals surface area contributed by atoms with E-state index in [1.807, 2.05) is 12.1 Å². The van der Waals surface area contributed by atoms with E-state index in [0.29, 0.717) is 13.2 Å². The number of nitrogens with two attached hydrogens (primary N) is 1. The molecule has 0 aliphatic carbocycles. The van der Waals surface area contributed by atoms with Crippen molar-refractivity contribution in [3.8, 4) is 11.5 Å². The predicted octanol–water partition coefficient (Wildman–Crippen LogP) is 4.05. The van der Waals surface area contributed by atoms with E-state index in [4.69, 9.17) is 15.2 Å². The molecule has 0 saturated heterocycles. The first-order valence-corrected chi connectivity index (χ1v) is 7.59. The maximum Gasteiger partial charge on any atom is 0.162 e. The number of fused-ring (bicyclic) bond motifs is 1. The molecule has 2 rings (SSSR count). The van der Waals surface area contributed by atoms with E-state index < -0.39 is 0 Å². The first kappa shape index (κ1) is 14.7. The summed E-state index contributed by atoms with van der Waals surface area (Å²) in [5, 5.41) is 0. The molecule has 1 unspecified atom stereocenters. The van der Waals surface area contributed by atoms with Crippen molar-refractivity contribution in [3.05, 3.63) is 22.2 Å². The van der Waals surface area contributed by atoms with Gasteiger partial charge in [-0.25, -0.2) is 0 Å². The summed E-state index contributed by atoms with van der Waals surface area (Å²) in [7, 11) is 0. The normalized spacial score (nSPS) is 16.9. The van der Waals surface area contributed by atoms with Crippen LogP contribution in [0.5, 0.6) is 11.5 Å². The maximum absolute atomic E-state index is 6.43. The largest absolute Gasteiger partial charge is 0.490 e. The monoisotopic (exact) mass is 327 g/mol. The van der Waals surface area contributed by atoms with Gasteiger partial charge in [0.05, 0.1) is 13.2 Å². The van der Waals surface area contributed by atoms with Gasteiger partial charge in [0.1, 0.15) is 0 Å². The molecule has 19 heavy (non-hydrogen) atoms. The van der Waals surface area contributed by atoms with Crippen molar-refractivity contribution in [1.82, 2.24) is 0 Å². The van der Waals surface area contributed by atoms with Crippen LogP contribution in [0.2, 0.25) is 0 Å². The second-order valence-corrected chi connectivity index (χ2v) is 6.55. The third-order valence-corrected chi connectivity index (χ3v) is 4.64. The molecule has 0 amide bonds. The first-order chi connectivity index (χ1) is 8.95. The molecule has 1 aliphatic rings. The summed E-state index contributed by atoms with van der Waals surface area (Å²) in [5.74, 6) is 1.60. The summed E-state index contributed by atoms with van der Waals surface area (Å²) in [5.41, 5.74) is 7.55. The standard InChI is InChI=1S/C15H22BrNO2/c1-4-15(2,3)14(17)10-8-12-13(9-11(10)16)19-7-5-6-18-12/h8-9,14H,4-7,17H2,1-3H3. The molecule has 1 aromatic rings. The van der Waals surface area contributed by atoms with Crippen LogP contribution in [0.4, 0.5) is 0 Å². The zero-order chi connectivity index (χ0) is 14.0. The summed E-state index contributed by atoms with van der Waals surface area (Å²) in [4.78, 5) is 0. The third-order valence-electron chi connectivity index (χ3n) is 3.96. The van der Waals surface area contributed by atoms with Crippen LogP contribution < -0.4 is 15.2 Å². The predicted molar refractivity (Wildman–Crippen MR) is 80.7 cm³/mol.